The van der Waals surface area contributed by atoms with Gasteiger partial charge in [-0.05, 0) is 23.8 Å². The van der Waals surface area contributed by atoms with E-state index >= 15 is 0 Å². The van der Waals surface area contributed by atoms with Crippen molar-refractivity contribution in [1.82, 2.24) is 5.32 Å². The first kappa shape index (κ1) is 19.7. The van der Waals surface area contributed by atoms with E-state index in [-0.39, 0.29) is 0 Å². The number of halogens is 2. The van der Waals surface area contributed by atoms with Gasteiger partial charge in [-0.3, -0.25) is 0 Å². The number of benzene rings is 3. The van der Waals surface area contributed by atoms with Crippen molar-refractivity contribution in [1.29, 1.82) is 0 Å². The second-order valence-electron chi connectivity index (χ2n) is 6.19. The third-order valence-electron chi connectivity index (χ3n) is 4.21. The van der Waals surface area contributed by atoms with E-state index in [9.17, 15) is 5.11 Å². The van der Waals surface area contributed by atoms with Crippen LogP contribution in [0.5, 0.6) is 5.75 Å². The van der Waals surface area contributed by atoms with Crippen molar-refractivity contribution in [3.8, 4) is 5.75 Å². The summed E-state index contributed by atoms with van der Waals surface area (Å²) in [5.41, 5.74) is 2.79. The molecule has 140 valence electrons. The average molecular weight is 402 g/mol. The van der Waals surface area contributed by atoms with Gasteiger partial charge in [0.1, 0.15) is 12.4 Å². The van der Waals surface area contributed by atoms with Crippen molar-refractivity contribution in [2.24, 2.45) is 0 Å². The summed E-state index contributed by atoms with van der Waals surface area (Å²) >= 11 is 12.1. The van der Waals surface area contributed by atoms with Gasteiger partial charge in [0.25, 0.3) is 0 Å². The third kappa shape index (κ3) is 5.72. The van der Waals surface area contributed by atoms with Crippen LogP contribution in [0.15, 0.2) is 72.8 Å². The molecule has 27 heavy (non-hydrogen) atoms. The molecule has 0 spiro atoms. The zero-order chi connectivity index (χ0) is 19.1. The van der Waals surface area contributed by atoms with E-state index < -0.39 is 6.10 Å². The number of aliphatic hydroxyl groups is 1. The van der Waals surface area contributed by atoms with E-state index in [0.29, 0.717) is 29.7 Å². The molecule has 3 aromatic carbocycles. The molecule has 1 atom stereocenters. The molecule has 2 N–H and O–H groups in total. The predicted octanol–water partition coefficient (Wildman–Crippen LogP) is 5.40. The van der Waals surface area contributed by atoms with Gasteiger partial charge in [0.2, 0.25) is 0 Å². The van der Waals surface area contributed by atoms with Gasteiger partial charge in [-0.25, -0.2) is 0 Å². The van der Waals surface area contributed by atoms with Gasteiger partial charge in [-0.2, -0.15) is 0 Å². The van der Waals surface area contributed by atoms with Crippen molar-refractivity contribution in [3.05, 3.63) is 99.5 Å². The lowest BCUT2D eigenvalue weighted by atomic mass is 10.1. The van der Waals surface area contributed by atoms with Gasteiger partial charge in [-0.15, -0.1) is 0 Å². The Labute approximate surface area is 169 Å². The highest BCUT2D eigenvalue weighted by molar-refractivity contribution is 6.35. The molecule has 0 bridgehead atoms. The minimum atomic E-state index is -0.549. The van der Waals surface area contributed by atoms with Crippen LogP contribution in [0.2, 0.25) is 10.0 Å². The Morgan fingerprint density at radius 3 is 2.41 bits per heavy atom. The standard InChI is InChI=1S/C22H21Cl2NO2/c23-19-11-10-18(20(24)12-19)15-27-22-9-5-4-8-17(22)13-25-14-21(26)16-6-2-1-3-7-16/h1-12,21,25-26H,13-15H2/t21-/m0/s1. The van der Waals surface area contributed by atoms with Crippen LogP contribution in [0.25, 0.3) is 0 Å². The summed E-state index contributed by atoms with van der Waals surface area (Å²) < 4.78 is 5.96. The van der Waals surface area contributed by atoms with Crippen molar-refractivity contribution in [3.63, 3.8) is 0 Å². The fraction of sp³-hybridized carbons (Fsp3) is 0.182. The third-order valence-corrected chi connectivity index (χ3v) is 4.80. The fourth-order valence-electron chi connectivity index (χ4n) is 2.72. The first-order chi connectivity index (χ1) is 13.1. The van der Waals surface area contributed by atoms with E-state index in [4.69, 9.17) is 27.9 Å². The van der Waals surface area contributed by atoms with E-state index in [1.54, 1.807) is 12.1 Å². The summed E-state index contributed by atoms with van der Waals surface area (Å²) in [5, 5.41) is 14.7. The molecular weight excluding hydrogens is 381 g/mol. The summed E-state index contributed by atoms with van der Waals surface area (Å²) in [5.74, 6) is 0.783. The second kappa shape index (κ2) is 9.77. The number of rotatable bonds is 8. The number of ether oxygens (including phenoxy) is 1. The Hall–Kier alpha value is -2.04. The smallest absolute Gasteiger partial charge is 0.124 e. The maximum absolute atomic E-state index is 10.3. The van der Waals surface area contributed by atoms with E-state index in [1.807, 2.05) is 60.7 Å². The van der Waals surface area contributed by atoms with Crippen LogP contribution in [-0.2, 0) is 13.2 Å². The number of para-hydroxylation sites is 1. The minimum absolute atomic E-state index is 0.361. The summed E-state index contributed by atoms with van der Waals surface area (Å²) in [7, 11) is 0. The van der Waals surface area contributed by atoms with E-state index in [0.717, 1.165) is 22.4 Å². The normalized spacial score (nSPS) is 12.0. The number of hydrogen-bond acceptors (Lipinski definition) is 3. The highest BCUT2D eigenvalue weighted by Gasteiger charge is 2.09. The van der Waals surface area contributed by atoms with Crippen LogP contribution in [0.3, 0.4) is 0 Å². The van der Waals surface area contributed by atoms with Gasteiger partial charge in [-0.1, -0.05) is 77.8 Å². The molecule has 5 heteroatoms. The largest absolute Gasteiger partial charge is 0.489 e. The lowest BCUT2D eigenvalue weighted by Gasteiger charge is -2.15. The molecule has 3 nitrogen and oxygen atoms in total. The summed E-state index contributed by atoms with van der Waals surface area (Å²) in [6, 6.07) is 22.8. The Morgan fingerprint density at radius 2 is 1.63 bits per heavy atom. The maximum atomic E-state index is 10.3. The molecular formula is C22H21Cl2NO2. The quantitative estimate of drug-likeness (QED) is 0.531. The maximum Gasteiger partial charge on any atom is 0.124 e. The second-order valence-corrected chi connectivity index (χ2v) is 7.03. The van der Waals surface area contributed by atoms with Crippen molar-refractivity contribution in [2.45, 2.75) is 19.3 Å². The van der Waals surface area contributed by atoms with E-state index in [1.165, 1.54) is 0 Å². The van der Waals surface area contributed by atoms with Crippen molar-refractivity contribution in [2.75, 3.05) is 6.54 Å². The highest BCUT2D eigenvalue weighted by atomic mass is 35.5. The average Bonchev–Trinajstić information content (AvgIpc) is 2.69. The zero-order valence-corrected chi connectivity index (χ0v) is 16.3. The number of hydrogen-bond donors (Lipinski definition) is 2. The van der Waals surface area contributed by atoms with Gasteiger partial charge in [0.05, 0.1) is 6.10 Å². The highest BCUT2D eigenvalue weighted by Crippen LogP contribution is 2.24. The van der Waals surface area contributed by atoms with Crippen LogP contribution in [-0.4, -0.2) is 11.7 Å². The van der Waals surface area contributed by atoms with Gasteiger partial charge < -0.3 is 15.2 Å². The molecule has 0 unspecified atom stereocenters. The Balaban J connectivity index is 1.57. The molecule has 3 rings (SSSR count). The molecule has 0 fully saturated rings. The number of aliphatic hydroxyl groups excluding tert-OH is 1. The summed E-state index contributed by atoms with van der Waals surface area (Å²) in [4.78, 5) is 0. The monoisotopic (exact) mass is 401 g/mol. The lowest BCUT2D eigenvalue weighted by Crippen LogP contribution is -2.21. The van der Waals surface area contributed by atoms with Crippen molar-refractivity contribution < 1.29 is 9.84 Å². The molecule has 0 saturated heterocycles. The first-order valence-corrected chi connectivity index (χ1v) is 9.47. The van der Waals surface area contributed by atoms with Crippen LogP contribution in [0.1, 0.15) is 22.8 Å². The SMILES string of the molecule is O[C@@H](CNCc1ccccc1OCc1ccc(Cl)cc1Cl)c1ccccc1. The minimum Gasteiger partial charge on any atom is -0.489 e. The molecule has 3 aromatic rings. The molecule has 0 saturated carbocycles. The van der Waals surface area contributed by atoms with Crippen LogP contribution >= 0.6 is 23.2 Å². The van der Waals surface area contributed by atoms with E-state index in [2.05, 4.69) is 5.32 Å². The lowest BCUT2D eigenvalue weighted by molar-refractivity contribution is 0.174. The van der Waals surface area contributed by atoms with Crippen molar-refractivity contribution >= 4 is 23.2 Å². The molecule has 0 amide bonds. The van der Waals surface area contributed by atoms with Gasteiger partial charge in [0.15, 0.2) is 0 Å². The molecule has 0 aromatic heterocycles. The molecule has 0 aliphatic rings. The Bertz CT molecular complexity index is 871. The van der Waals surface area contributed by atoms with Crippen LogP contribution in [0.4, 0.5) is 0 Å². The topological polar surface area (TPSA) is 41.5 Å². The van der Waals surface area contributed by atoms with Crippen LogP contribution < -0.4 is 10.1 Å². The van der Waals surface area contributed by atoms with Crippen LogP contribution in [0, 0.1) is 0 Å². The molecule has 0 radical (unpaired) electrons. The van der Waals surface area contributed by atoms with Gasteiger partial charge in [0, 0.05) is 34.3 Å². The Kier molecular flexibility index (Phi) is 7.13. The molecule has 0 aliphatic heterocycles. The predicted molar refractivity (Wildman–Crippen MR) is 110 cm³/mol. The number of nitrogens with one attached hydrogen (secondary N) is 1. The molecule has 0 heterocycles. The fourth-order valence-corrected chi connectivity index (χ4v) is 3.18. The summed E-state index contributed by atoms with van der Waals surface area (Å²) in [6.07, 6.45) is -0.549. The van der Waals surface area contributed by atoms with Gasteiger partial charge >= 0.3 is 0 Å². The molecule has 0 aliphatic carbocycles. The summed E-state index contributed by atoms with van der Waals surface area (Å²) in [6.45, 7) is 1.41. The zero-order valence-electron chi connectivity index (χ0n) is 14.7. The first-order valence-electron chi connectivity index (χ1n) is 8.72. The Morgan fingerprint density at radius 1 is 0.889 bits per heavy atom.